The van der Waals surface area contributed by atoms with Crippen molar-refractivity contribution in [2.24, 2.45) is 5.92 Å². The van der Waals surface area contributed by atoms with E-state index in [0.29, 0.717) is 0 Å². The maximum absolute atomic E-state index is 12.2. The van der Waals surface area contributed by atoms with Gasteiger partial charge in [-0.3, -0.25) is 14.1 Å². The average Bonchev–Trinajstić information content (AvgIpc) is 2.88. The van der Waals surface area contributed by atoms with E-state index in [1.807, 2.05) is 12.3 Å². The predicted molar refractivity (Wildman–Crippen MR) is 90.6 cm³/mol. The van der Waals surface area contributed by atoms with Crippen molar-refractivity contribution in [2.45, 2.75) is 33.2 Å². The molecule has 1 saturated heterocycles. The lowest BCUT2D eigenvalue weighted by atomic mass is 9.96. The topological polar surface area (TPSA) is 49.6 Å². The molecule has 120 valence electrons. The van der Waals surface area contributed by atoms with Gasteiger partial charge in [0.1, 0.15) is 0 Å². The minimum atomic E-state index is 0.0424. The molecule has 0 bridgehead atoms. The normalized spacial score (nSPS) is 17.4. The SMILES string of the molecule is CCNCC1CCN(Cc2cc(=O)n3c(C)csc3n2)CC1. The summed E-state index contributed by atoms with van der Waals surface area (Å²) < 4.78 is 1.69. The summed E-state index contributed by atoms with van der Waals surface area (Å²) in [4.78, 5) is 20.1. The quantitative estimate of drug-likeness (QED) is 0.914. The minimum Gasteiger partial charge on any atom is -0.317 e. The van der Waals surface area contributed by atoms with Gasteiger partial charge in [-0.1, -0.05) is 6.92 Å². The molecule has 1 N–H and O–H groups in total. The largest absolute Gasteiger partial charge is 0.317 e. The molecular weight excluding hydrogens is 296 g/mol. The Hall–Kier alpha value is -1.24. The van der Waals surface area contributed by atoms with E-state index in [-0.39, 0.29) is 5.56 Å². The summed E-state index contributed by atoms with van der Waals surface area (Å²) in [7, 11) is 0. The second-order valence-corrected chi connectivity index (χ2v) is 6.94. The number of likely N-dealkylation sites (tertiary alicyclic amines) is 1. The van der Waals surface area contributed by atoms with Gasteiger partial charge in [-0.2, -0.15) is 0 Å². The number of aromatic nitrogens is 2. The molecule has 0 atom stereocenters. The Labute approximate surface area is 135 Å². The summed E-state index contributed by atoms with van der Waals surface area (Å²) >= 11 is 1.54. The van der Waals surface area contributed by atoms with Crippen molar-refractivity contribution in [3.63, 3.8) is 0 Å². The molecule has 2 aromatic heterocycles. The van der Waals surface area contributed by atoms with Crippen LogP contribution in [0.3, 0.4) is 0 Å². The number of hydrogen-bond donors (Lipinski definition) is 1. The fourth-order valence-electron chi connectivity index (χ4n) is 3.11. The molecule has 6 heteroatoms. The number of fused-ring (bicyclic) bond motifs is 1. The van der Waals surface area contributed by atoms with Gasteiger partial charge < -0.3 is 5.32 Å². The Morgan fingerprint density at radius 2 is 2.18 bits per heavy atom. The van der Waals surface area contributed by atoms with Crippen molar-refractivity contribution in [3.05, 3.63) is 33.2 Å². The fraction of sp³-hybridized carbons (Fsp3) is 0.625. The summed E-state index contributed by atoms with van der Waals surface area (Å²) in [6.45, 7) is 9.26. The first-order valence-electron chi connectivity index (χ1n) is 8.07. The van der Waals surface area contributed by atoms with Crippen LogP contribution in [0.25, 0.3) is 4.96 Å². The Morgan fingerprint density at radius 3 is 2.91 bits per heavy atom. The lowest BCUT2D eigenvalue weighted by Crippen LogP contribution is -2.37. The van der Waals surface area contributed by atoms with E-state index in [1.165, 1.54) is 24.2 Å². The van der Waals surface area contributed by atoms with E-state index < -0.39 is 0 Å². The molecule has 0 aliphatic carbocycles. The third-order valence-electron chi connectivity index (χ3n) is 4.40. The smallest absolute Gasteiger partial charge is 0.259 e. The summed E-state index contributed by atoms with van der Waals surface area (Å²) in [5, 5.41) is 5.42. The average molecular weight is 320 g/mol. The van der Waals surface area contributed by atoms with Crippen LogP contribution in [0, 0.1) is 12.8 Å². The van der Waals surface area contributed by atoms with Gasteiger partial charge in [-0.05, 0) is 51.9 Å². The lowest BCUT2D eigenvalue weighted by Gasteiger charge is -2.31. The van der Waals surface area contributed by atoms with Crippen LogP contribution in [0.5, 0.6) is 0 Å². The summed E-state index contributed by atoms with van der Waals surface area (Å²) in [5.74, 6) is 0.789. The number of aryl methyl sites for hydroxylation is 1. The molecule has 22 heavy (non-hydrogen) atoms. The van der Waals surface area contributed by atoms with E-state index in [4.69, 9.17) is 0 Å². The first kappa shape index (κ1) is 15.6. The number of hydrogen-bond acceptors (Lipinski definition) is 5. The Morgan fingerprint density at radius 1 is 1.41 bits per heavy atom. The number of rotatable bonds is 5. The van der Waals surface area contributed by atoms with Crippen LogP contribution < -0.4 is 10.9 Å². The van der Waals surface area contributed by atoms with Gasteiger partial charge in [0.25, 0.3) is 5.56 Å². The minimum absolute atomic E-state index is 0.0424. The predicted octanol–water partition coefficient (Wildman–Crippen LogP) is 1.89. The highest BCUT2D eigenvalue weighted by Crippen LogP contribution is 2.18. The van der Waals surface area contributed by atoms with E-state index in [1.54, 1.807) is 10.5 Å². The number of nitrogens with one attached hydrogen (secondary N) is 1. The first-order chi connectivity index (χ1) is 10.7. The van der Waals surface area contributed by atoms with Gasteiger partial charge >= 0.3 is 0 Å². The molecular formula is C16H24N4OS. The molecule has 0 unspecified atom stereocenters. The molecule has 1 aliphatic heterocycles. The van der Waals surface area contributed by atoms with Crippen LogP contribution in [0.2, 0.25) is 0 Å². The van der Waals surface area contributed by atoms with Gasteiger partial charge in [-0.15, -0.1) is 11.3 Å². The number of nitrogens with zero attached hydrogens (tertiary/aromatic N) is 3. The van der Waals surface area contributed by atoms with Gasteiger partial charge in [0.05, 0.1) is 5.69 Å². The van der Waals surface area contributed by atoms with E-state index >= 15 is 0 Å². The van der Waals surface area contributed by atoms with E-state index in [0.717, 1.165) is 55.0 Å². The standard InChI is InChI=1S/C16H24N4OS/c1-3-17-9-13-4-6-19(7-5-13)10-14-8-15(21)20-12(2)11-22-16(20)18-14/h8,11,13,17H,3-7,9-10H2,1-2H3. The second kappa shape index (κ2) is 6.89. The molecule has 3 rings (SSSR count). The molecule has 1 aliphatic rings. The van der Waals surface area contributed by atoms with E-state index in [9.17, 15) is 4.79 Å². The Bertz CT molecular complexity index is 685. The van der Waals surface area contributed by atoms with Gasteiger partial charge in [-0.25, -0.2) is 4.98 Å². The maximum atomic E-state index is 12.2. The van der Waals surface area contributed by atoms with Crippen molar-refractivity contribution in [2.75, 3.05) is 26.2 Å². The van der Waals surface area contributed by atoms with Crippen LogP contribution in [0.1, 0.15) is 31.2 Å². The highest BCUT2D eigenvalue weighted by molar-refractivity contribution is 7.15. The summed E-state index contributed by atoms with van der Waals surface area (Å²) in [5.41, 5.74) is 1.91. The first-order valence-corrected chi connectivity index (χ1v) is 8.95. The summed E-state index contributed by atoms with van der Waals surface area (Å²) in [6, 6.07) is 1.69. The fourth-order valence-corrected chi connectivity index (χ4v) is 4.00. The third kappa shape index (κ3) is 3.39. The zero-order chi connectivity index (χ0) is 15.5. The van der Waals surface area contributed by atoms with Crippen LogP contribution in [0.15, 0.2) is 16.2 Å². The Kier molecular flexibility index (Phi) is 4.90. The molecule has 0 spiro atoms. The highest BCUT2D eigenvalue weighted by atomic mass is 32.1. The molecule has 0 radical (unpaired) electrons. The molecule has 0 saturated carbocycles. The van der Waals surface area contributed by atoms with Crippen molar-refractivity contribution in [1.82, 2.24) is 19.6 Å². The zero-order valence-electron chi connectivity index (χ0n) is 13.3. The van der Waals surface area contributed by atoms with Crippen LogP contribution in [-0.4, -0.2) is 40.5 Å². The summed E-state index contributed by atoms with van der Waals surface area (Å²) in [6.07, 6.45) is 2.46. The van der Waals surface area contributed by atoms with Gasteiger partial charge in [0, 0.05) is 23.7 Å². The highest BCUT2D eigenvalue weighted by Gasteiger charge is 2.19. The van der Waals surface area contributed by atoms with Crippen molar-refractivity contribution in [1.29, 1.82) is 0 Å². The lowest BCUT2D eigenvalue weighted by molar-refractivity contribution is 0.174. The molecule has 1 fully saturated rings. The van der Waals surface area contributed by atoms with Crippen molar-refractivity contribution < 1.29 is 0 Å². The van der Waals surface area contributed by atoms with Crippen LogP contribution in [0.4, 0.5) is 0 Å². The molecule has 0 aromatic carbocycles. The third-order valence-corrected chi connectivity index (χ3v) is 5.35. The molecule has 3 heterocycles. The van der Waals surface area contributed by atoms with Gasteiger partial charge in [0.15, 0.2) is 4.96 Å². The van der Waals surface area contributed by atoms with E-state index in [2.05, 4.69) is 22.1 Å². The van der Waals surface area contributed by atoms with Crippen LogP contribution >= 0.6 is 11.3 Å². The van der Waals surface area contributed by atoms with Crippen molar-refractivity contribution >= 4 is 16.3 Å². The number of thiazole rings is 1. The number of piperidine rings is 1. The van der Waals surface area contributed by atoms with Crippen LogP contribution in [-0.2, 0) is 6.54 Å². The molecule has 5 nitrogen and oxygen atoms in total. The monoisotopic (exact) mass is 320 g/mol. The Balaban J connectivity index is 1.64. The second-order valence-electron chi connectivity index (χ2n) is 6.11. The molecule has 2 aromatic rings. The van der Waals surface area contributed by atoms with Crippen molar-refractivity contribution in [3.8, 4) is 0 Å². The zero-order valence-corrected chi connectivity index (χ0v) is 14.2. The van der Waals surface area contributed by atoms with Gasteiger partial charge in [0.2, 0.25) is 0 Å². The maximum Gasteiger partial charge on any atom is 0.259 e. The molecule has 0 amide bonds.